The predicted octanol–water partition coefficient (Wildman–Crippen LogP) is 0.941. The number of ether oxygens (including phenoxy) is 1. The van der Waals surface area contributed by atoms with E-state index in [-0.39, 0.29) is 11.7 Å². The molecule has 0 unspecified atom stereocenters. The first-order valence-electron chi connectivity index (χ1n) is 3.95. The van der Waals surface area contributed by atoms with Crippen molar-refractivity contribution in [3.05, 3.63) is 12.2 Å². The fourth-order valence-corrected chi connectivity index (χ4v) is 1.39. The van der Waals surface area contributed by atoms with Crippen molar-refractivity contribution in [2.24, 2.45) is 11.8 Å². The molecule has 1 rings (SSSR count). The molecule has 3 heteroatoms. The molecule has 66 valence electrons. The average molecular weight is 168 g/mol. The van der Waals surface area contributed by atoms with Gasteiger partial charge in [-0.25, -0.2) is 0 Å². The van der Waals surface area contributed by atoms with Crippen molar-refractivity contribution in [2.45, 2.75) is 13.3 Å². The number of methoxy groups -OCH3 is 1. The predicted molar refractivity (Wildman–Crippen MR) is 43.4 cm³/mol. The van der Waals surface area contributed by atoms with Crippen LogP contribution in [0.4, 0.5) is 0 Å². The molecule has 0 aromatic carbocycles. The van der Waals surface area contributed by atoms with Crippen LogP contribution in [-0.2, 0) is 14.3 Å². The van der Waals surface area contributed by atoms with Crippen molar-refractivity contribution in [1.82, 2.24) is 0 Å². The molecule has 0 fully saturated rings. The van der Waals surface area contributed by atoms with Gasteiger partial charge in [0.15, 0.2) is 5.78 Å². The summed E-state index contributed by atoms with van der Waals surface area (Å²) in [7, 11) is 1.31. The van der Waals surface area contributed by atoms with Gasteiger partial charge in [0.25, 0.3) is 0 Å². The number of hydrogen-bond acceptors (Lipinski definition) is 3. The van der Waals surface area contributed by atoms with E-state index in [1.165, 1.54) is 13.2 Å². The Morgan fingerprint density at radius 2 is 2.33 bits per heavy atom. The minimum atomic E-state index is -0.583. The Bertz CT molecular complexity index is 230. The zero-order chi connectivity index (χ0) is 9.14. The zero-order valence-corrected chi connectivity index (χ0v) is 7.24. The zero-order valence-electron chi connectivity index (χ0n) is 7.24. The van der Waals surface area contributed by atoms with Crippen LogP contribution < -0.4 is 0 Å². The molecule has 0 aromatic rings. The molecule has 0 spiro atoms. The molecule has 0 saturated heterocycles. The highest BCUT2D eigenvalue weighted by Crippen LogP contribution is 2.23. The van der Waals surface area contributed by atoms with Crippen LogP contribution in [0.2, 0.25) is 0 Å². The summed E-state index contributed by atoms with van der Waals surface area (Å²) in [5.41, 5.74) is 0. The number of rotatable bonds is 1. The van der Waals surface area contributed by atoms with Gasteiger partial charge < -0.3 is 4.74 Å². The molecule has 12 heavy (non-hydrogen) atoms. The molecule has 1 aliphatic carbocycles. The molecule has 0 aliphatic heterocycles. The Kier molecular flexibility index (Phi) is 2.63. The van der Waals surface area contributed by atoms with Crippen LogP contribution >= 0.6 is 0 Å². The number of hydrogen-bond donors (Lipinski definition) is 0. The second-order valence-corrected chi connectivity index (χ2v) is 3.02. The summed E-state index contributed by atoms with van der Waals surface area (Å²) in [5.74, 6) is -1.08. The van der Waals surface area contributed by atoms with Crippen LogP contribution in [0.1, 0.15) is 13.3 Å². The lowest BCUT2D eigenvalue weighted by Crippen LogP contribution is -2.31. The number of carbonyl (C=O) groups is 2. The fraction of sp³-hybridized carbons (Fsp3) is 0.556. The Labute approximate surface area is 71.4 Å². The van der Waals surface area contributed by atoms with Gasteiger partial charge >= 0.3 is 5.97 Å². The van der Waals surface area contributed by atoms with E-state index in [1.54, 1.807) is 6.08 Å². The summed E-state index contributed by atoms with van der Waals surface area (Å²) in [6.07, 6.45) is 4.03. The van der Waals surface area contributed by atoms with Crippen LogP contribution in [0, 0.1) is 11.8 Å². The lowest BCUT2D eigenvalue weighted by atomic mass is 9.83. The topological polar surface area (TPSA) is 43.4 Å². The minimum Gasteiger partial charge on any atom is -0.468 e. The van der Waals surface area contributed by atoms with E-state index in [9.17, 15) is 9.59 Å². The van der Waals surface area contributed by atoms with Gasteiger partial charge in [0.2, 0.25) is 0 Å². The van der Waals surface area contributed by atoms with E-state index < -0.39 is 11.9 Å². The fourth-order valence-electron chi connectivity index (χ4n) is 1.39. The van der Waals surface area contributed by atoms with Gasteiger partial charge in [0.1, 0.15) is 5.92 Å². The van der Waals surface area contributed by atoms with E-state index in [4.69, 9.17) is 0 Å². The Hall–Kier alpha value is -1.12. The van der Waals surface area contributed by atoms with Crippen molar-refractivity contribution in [3.8, 4) is 0 Å². The van der Waals surface area contributed by atoms with Crippen LogP contribution in [0.15, 0.2) is 12.2 Å². The van der Waals surface area contributed by atoms with Gasteiger partial charge in [0, 0.05) is 0 Å². The first-order valence-corrected chi connectivity index (χ1v) is 3.95. The largest absolute Gasteiger partial charge is 0.468 e. The van der Waals surface area contributed by atoms with Crippen molar-refractivity contribution in [3.63, 3.8) is 0 Å². The van der Waals surface area contributed by atoms with Gasteiger partial charge in [-0.1, -0.05) is 13.0 Å². The number of ketones is 1. The molecule has 3 nitrogen and oxygen atoms in total. The Morgan fingerprint density at radius 1 is 1.67 bits per heavy atom. The molecule has 0 aromatic heterocycles. The van der Waals surface area contributed by atoms with E-state index in [0.717, 1.165) is 6.42 Å². The Balaban J connectivity index is 2.79. The monoisotopic (exact) mass is 168 g/mol. The van der Waals surface area contributed by atoms with E-state index >= 15 is 0 Å². The summed E-state index contributed by atoms with van der Waals surface area (Å²) >= 11 is 0. The maximum absolute atomic E-state index is 11.2. The van der Waals surface area contributed by atoms with Gasteiger partial charge in [-0.2, -0.15) is 0 Å². The summed E-state index contributed by atoms with van der Waals surface area (Å²) in [4.78, 5) is 22.3. The van der Waals surface area contributed by atoms with Gasteiger partial charge in [0.05, 0.1) is 7.11 Å². The summed E-state index contributed by atoms with van der Waals surface area (Å²) < 4.78 is 4.54. The van der Waals surface area contributed by atoms with Crippen molar-refractivity contribution >= 4 is 11.8 Å². The highest BCUT2D eigenvalue weighted by molar-refractivity contribution is 6.05. The van der Waals surface area contributed by atoms with E-state index in [1.807, 2.05) is 6.92 Å². The Morgan fingerprint density at radius 3 is 2.83 bits per heavy atom. The van der Waals surface area contributed by atoms with Crippen LogP contribution in [0.3, 0.4) is 0 Å². The molecule has 2 atom stereocenters. The third-order valence-electron chi connectivity index (χ3n) is 2.12. The van der Waals surface area contributed by atoms with Crippen LogP contribution in [0.25, 0.3) is 0 Å². The molecule has 0 heterocycles. The second kappa shape index (κ2) is 3.52. The first kappa shape index (κ1) is 8.97. The number of allylic oxidation sites excluding steroid dienone is 2. The molecule has 1 aliphatic rings. The number of esters is 1. The van der Waals surface area contributed by atoms with Crippen LogP contribution in [0.5, 0.6) is 0 Å². The lowest BCUT2D eigenvalue weighted by molar-refractivity contribution is -0.150. The molecular formula is C9H12O3. The van der Waals surface area contributed by atoms with Gasteiger partial charge in [-0.05, 0) is 18.4 Å². The van der Waals surface area contributed by atoms with Gasteiger partial charge in [-0.15, -0.1) is 0 Å². The van der Waals surface area contributed by atoms with Crippen molar-refractivity contribution in [1.29, 1.82) is 0 Å². The van der Waals surface area contributed by atoms with Gasteiger partial charge in [-0.3, -0.25) is 9.59 Å². The highest BCUT2D eigenvalue weighted by atomic mass is 16.5. The van der Waals surface area contributed by atoms with Crippen LogP contribution in [-0.4, -0.2) is 18.9 Å². The molecular weight excluding hydrogens is 156 g/mol. The molecule has 0 N–H and O–H groups in total. The molecule has 0 amide bonds. The standard InChI is InChI=1S/C9H12O3/c1-6-4-3-5-7(10)8(6)9(11)12-2/h3,5-6,8H,4H2,1-2H3/t6-,8+/m1/s1. The van der Waals surface area contributed by atoms with E-state index in [2.05, 4.69) is 4.74 Å². The molecule has 0 bridgehead atoms. The number of carbonyl (C=O) groups excluding carboxylic acids is 2. The normalized spacial score (nSPS) is 28.7. The quantitative estimate of drug-likeness (QED) is 0.432. The maximum Gasteiger partial charge on any atom is 0.316 e. The first-order chi connectivity index (χ1) is 5.66. The molecule has 0 saturated carbocycles. The lowest BCUT2D eigenvalue weighted by Gasteiger charge is -2.20. The van der Waals surface area contributed by atoms with E-state index in [0.29, 0.717) is 0 Å². The minimum absolute atomic E-state index is 0.0648. The average Bonchev–Trinajstić information content (AvgIpc) is 2.03. The third kappa shape index (κ3) is 1.55. The smallest absolute Gasteiger partial charge is 0.316 e. The van der Waals surface area contributed by atoms with Crippen molar-refractivity contribution in [2.75, 3.05) is 7.11 Å². The maximum atomic E-state index is 11.2. The molecule has 0 radical (unpaired) electrons. The highest BCUT2D eigenvalue weighted by Gasteiger charge is 2.32. The summed E-state index contributed by atoms with van der Waals surface area (Å²) in [5, 5.41) is 0. The summed E-state index contributed by atoms with van der Waals surface area (Å²) in [6.45, 7) is 1.88. The SMILES string of the molecule is COC(=O)[C@@H]1C(=O)C=CC[C@H]1C. The van der Waals surface area contributed by atoms with Crippen molar-refractivity contribution < 1.29 is 14.3 Å². The second-order valence-electron chi connectivity index (χ2n) is 3.02. The third-order valence-corrected chi connectivity index (χ3v) is 2.12. The summed E-state index contributed by atoms with van der Waals surface area (Å²) in [6, 6.07) is 0.